The third-order valence-corrected chi connectivity index (χ3v) is 4.17. The van der Waals surface area contributed by atoms with Crippen molar-refractivity contribution in [2.24, 2.45) is 0 Å². The van der Waals surface area contributed by atoms with Crippen LogP contribution in [0.3, 0.4) is 0 Å². The van der Waals surface area contributed by atoms with Crippen molar-refractivity contribution in [2.45, 2.75) is 38.4 Å². The molecule has 1 aromatic rings. The predicted molar refractivity (Wildman–Crippen MR) is 80.5 cm³/mol. The number of aliphatic hydroxyl groups is 1. The number of benzene rings is 1. The van der Waals surface area contributed by atoms with E-state index in [0.29, 0.717) is 0 Å². The molecule has 4 heteroatoms. The van der Waals surface area contributed by atoms with E-state index in [0.717, 1.165) is 42.9 Å². The monoisotopic (exact) mass is 279 g/mol. The Bertz CT molecular complexity index is 461. The highest BCUT2D eigenvalue weighted by atomic mass is 16.5. The molecule has 0 saturated carbocycles. The van der Waals surface area contributed by atoms with Crippen LogP contribution < -0.4 is 9.64 Å². The second kappa shape index (κ2) is 6.02. The van der Waals surface area contributed by atoms with E-state index in [4.69, 9.17) is 9.47 Å². The maximum atomic E-state index is 10.1. The Morgan fingerprint density at radius 1 is 1.35 bits per heavy atom. The lowest BCUT2D eigenvalue weighted by Crippen LogP contribution is -2.47. The number of rotatable bonds is 4. The van der Waals surface area contributed by atoms with Gasteiger partial charge in [0, 0.05) is 31.5 Å². The highest BCUT2D eigenvalue weighted by molar-refractivity contribution is 5.61. The van der Waals surface area contributed by atoms with Crippen LogP contribution in [0, 0.1) is 0 Å². The Kier molecular flexibility index (Phi) is 4.55. The average Bonchev–Trinajstić information content (AvgIpc) is 2.46. The minimum Gasteiger partial charge on any atom is -0.496 e. The van der Waals surface area contributed by atoms with Crippen molar-refractivity contribution in [2.75, 3.05) is 32.2 Å². The van der Waals surface area contributed by atoms with Crippen LogP contribution in [0.15, 0.2) is 18.2 Å². The van der Waals surface area contributed by atoms with Gasteiger partial charge in [-0.05, 0) is 38.8 Å². The zero-order valence-electron chi connectivity index (χ0n) is 12.8. The summed E-state index contributed by atoms with van der Waals surface area (Å²) >= 11 is 0. The Balaban J connectivity index is 2.37. The molecular formula is C16H25NO3. The number of anilines is 1. The highest BCUT2D eigenvalue weighted by Gasteiger charge is 2.32. The molecule has 1 aliphatic heterocycles. The van der Waals surface area contributed by atoms with E-state index < -0.39 is 6.10 Å². The van der Waals surface area contributed by atoms with Gasteiger partial charge in [-0.3, -0.25) is 0 Å². The second-order valence-electron chi connectivity index (χ2n) is 5.75. The fraction of sp³-hybridized carbons (Fsp3) is 0.625. The Hall–Kier alpha value is -1.26. The maximum Gasteiger partial charge on any atom is 0.126 e. The first-order chi connectivity index (χ1) is 9.50. The normalized spacial score (nSPS) is 24.6. The average molecular weight is 279 g/mol. The molecule has 1 N–H and O–H groups in total. The van der Waals surface area contributed by atoms with E-state index in [1.165, 1.54) is 0 Å². The third-order valence-electron chi connectivity index (χ3n) is 4.17. The van der Waals surface area contributed by atoms with Gasteiger partial charge in [0.25, 0.3) is 0 Å². The first-order valence-electron chi connectivity index (χ1n) is 7.16. The number of hydrogen-bond acceptors (Lipinski definition) is 4. The molecule has 4 nitrogen and oxygen atoms in total. The number of nitrogens with zero attached hydrogens (tertiary/aromatic N) is 1. The third kappa shape index (κ3) is 2.91. The summed E-state index contributed by atoms with van der Waals surface area (Å²) in [5.74, 6) is 0.738. The molecule has 1 fully saturated rings. The molecule has 1 aliphatic rings. The molecule has 0 aromatic heterocycles. The SMILES string of the molecule is COc1cccc(N2CCCC(C)(OC)C2)c1[C@@H](C)O. The lowest BCUT2D eigenvalue weighted by Gasteiger charge is -2.41. The molecule has 1 heterocycles. The minimum atomic E-state index is -0.558. The van der Waals surface area contributed by atoms with Crippen LogP contribution in [0.4, 0.5) is 5.69 Å². The fourth-order valence-electron chi connectivity index (χ4n) is 2.98. The number of hydrogen-bond donors (Lipinski definition) is 1. The van der Waals surface area contributed by atoms with Gasteiger partial charge in [0.05, 0.1) is 18.8 Å². The summed E-state index contributed by atoms with van der Waals surface area (Å²) in [6, 6.07) is 5.91. The van der Waals surface area contributed by atoms with E-state index in [1.807, 2.05) is 18.2 Å². The van der Waals surface area contributed by atoms with Crippen molar-refractivity contribution in [3.05, 3.63) is 23.8 Å². The smallest absolute Gasteiger partial charge is 0.126 e. The predicted octanol–water partition coefficient (Wildman–Crippen LogP) is 2.75. The highest BCUT2D eigenvalue weighted by Crippen LogP contribution is 2.37. The molecule has 1 aromatic carbocycles. The molecule has 112 valence electrons. The zero-order chi connectivity index (χ0) is 14.8. The van der Waals surface area contributed by atoms with Crippen molar-refractivity contribution in [1.82, 2.24) is 0 Å². The Labute approximate surface area is 121 Å². The van der Waals surface area contributed by atoms with Crippen LogP contribution in [0.25, 0.3) is 0 Å². The number of ether oxygens (including phenoxy) is 2. The van der Waals surface area contributed by atoms with Gasteiger partial charge < -0.3 is 19.5 Å². The van der Waals surface area contributed by atoms with Gasteiger partial charge in [-0.25, -0.2) is 0 Å². The first-order valence-corrected chi connectivity index (χ1v) is 7.16. The molecule has 0 aliphatic carbocycles. The van der Waals surface area contributed by atoms with E-state index in [9.17, 15) is 5.11 Å². The molecule has 0 spiro atoms. The molecule has 0 amide bonds. The topological polar surface area (TPSA) is 41.9 Å². The van der Waals surface area contributed by atoms with Crippen LogP contribution in [-0.4, -0.2) is 38.0 Å². The van der Waals surface area contributed by atoms with Crippen molar-refractivity contribution < 1.29 is 14.6 Å². The second-order valence-corrected chi connectivity index (χ2v) is 5.75. The van der Waals surface area contributed by atoms with Crippen molar-refractivity contribution in [1.29, 1.82) is 0 Å². The summed E-state index contributed by atoms with van der Waals surface area (Å²) in [4.78, 5) is 2.29. The number of piperidine rings is 1. The van der Waals surface area contributed by atoms with Crippen LogP contribution in [0.2, 0.25) is 0 Å². The van der Waals surface area contributed by atoms with Gasteiger partial charge >= 0.3 is 0 Å². The summed E-state index contributed by atoms with van der Waals surface area (Å²) in [5.41, 5.74) is 1.77. The molecule has 1 unspecified atom stereocenters. The summed E-state index contributed by atoms with van der Waals surface area (Å²) in [7, 11) is 3.41. The van der Waals surface area contributed by atoms with Crippen LogP contribution in [0.1, 0.15) is 38.4 Å². The van der Waals surface area contributed by atoms with E-state index in [1.54, 1.807) is 21.1 Å². The minimum absolute atomic E-state index is 0.128. The van der Waals surface area contributed by atoms with Crippen molar-refractivity contribution in [3.63, 3.8) is 0 Å². The van der Waals surface area contributed by atoms with Gasteiger partial charge in [0.2, 0.25) is 0 Å². The van der Waals surface area contributed by atoms with Gasteiger partial charge in [-0.15, -0.1) is 0 Å². The van der Waals surface area contributed by atoms with Gasteiger partial charge in [-0.2, -0.15) is 0 Å². The lowest BCUT2D eigenvalue weighted by atomic mass is 9.93. The van der Waals surface area contributed by atoms with E-state index in [-0.39, 0.29) is 5.60 Å². The summed E-state index contributed by atoms with van der Waals surface area (Å²) in [6.45, 7) is 5.73. The largest absolute Gasteiger partial charge is 0.496 e. The Morgan fingerprint density at radius 3 is 2.70 bits per heavy atom. The van der Waals surface area contributed by atoms with Gasteiger partial charge in [0.15, 0.2) is 0 Å². The Morgan fingerprint density at radius 2 is 2.10 bits per heavy atom. The summed E-state index contributed by atoms with van der Waals surface area (Å²) < 4.78 is 11.1. The molecule has 2 rings (SSSR count). The number of methoxy groups -OCH3 is 2. The lowest BCUT2D eigenvalue weighted by molar-refractivity contribution is -0.00477. The van der Waals surface area contributed by atoms with Gasteiger partial charge in [0.1, 0.15) is 5.75 Å². The van der Waals surface area contributed by atoms with Crippen LogP contribution >= 0.6 is 0 Å². The number of aliphatic hydroxyl groups excluding tert-OH is 1. The van der Waals surface area contributed by atoms with Crippen molar-refractivity contribution in [3.8, 4) is 5.75 Å². The van der Waals surface area contributed by atoms with Crippen molar-refractivity contribution >= 4 is 5.69 Å². The van der Waals surface area contributed by atoms with E-state index in [2.05, 4.69) is 11.8 Å². The maximum absolute atomic E-state index is 10.1. The van der Waals surface area contributed by atoms with Gasteiger partial charge in [-0.1, -0.05) is 6.07 Å². The van der Waals surface area contributed by atoms with Crippen LogP contribution in [0.5, 0.6) is 5.75 Å². The standard InChI is InChI=1S/C16H25NO3/c1-12(18)15-13(7-5-8-14(15)19-3)17-10-6-9-16(2,11-17)20-4/h5,7-8,12,18H,6,9-11H2,1-4H3/t12-,16?/m1/s1. The molecular weight excluding hydrogens is 254 g/mol. The zero-order valence-corrected chi connectivity index (χ0v) is 12.8. The molecule has 1 saturated heterocycles. The quantitative estimate of drug-likeness (QED) is 0.920. The molecule has 0 radical (unpaired) electrons. The molecule has 20 heavy (non-hydrogen) atoms. The first kappa shape index (κ1) is 15.1. The summed E-state index contributed by atoms with van der Waals surface area (Å²) in [6.07, 6.45) is 1.59. The molecule has 2 atom stereocenters. The van der Waals surface area contributed by atoms with Crippen LogP contribution in [-0.2, 0) is 4.74 Å². The fourth-order valence-corrected chi connectivity index (χ4v) is 2.98. The molecule has 0 bridgehead atoms. The van der Waals surface area contributed by atoms with E-state index >= 15 is 0 Å². The summed E-state index contributed by atoms with van der Waals surface area (Å²) in [5, 5.41) is 10.1.